The monoisotopic (exact) mass is 145 g/mol. The third-order valence-corrected chi connectivity index (χ3v) is 0.882. The van der Waals surface area contributed by atoms with E-state index in [1.165, 1.54) is 0 Å². The van der Waals surface area contributed by atoms with Gasteiger partial charge in [-0.05, 0) is 6.92 Å². The molecule has 0 aliphatic rings. The second kappa shape index (κ2) is 4.93. The summed E-state index contributed by atoms with van der Waals surface area (Å²) in [4.78, 5) is 20.5. The molecule has 58 valence electrons. The summed E-state index contributed by atoms with van der Waals surface area (Å²) >= 11 is 0. The maximum absolute atomic E-state index is 10.6. The van der Waals surface area contributed by atoms with Crippen LogP contribution in [0.1, 0.15) is 13.3 Å². The Balaban J connectivity index is 3.46. The van der Waals surface area contributed by atoms with E-state index < -0.39 is 12.0 Å². The van der Waals surface area contributed by atoms with Crippen LogP contribution < -0.4 is 5.73 Å². The Kier molecular flexibility index (Phi) is 4.49. The third kappa shape index (κ3) is 4.03. The molecule has 0 aromatic heterocycles. The normalized spacial score (nSPS) is 12.2. The highest BCUT2D eigenvalue weighted by Crippen LogP contribution is 1.88. The van der Waals surface area contributed by atoms with E-state index in [0.717, 1.165) is 0 Å². The molecule has 0 amide bonds. The maximum atomic E-state index is 10.6. The number of aldehydes is 1. The van der Waals surface area contributed by atoms with Crippen molar-refractivity contribution < 1.29 is 14.3 Å². The van der Waals surface area contributed by atoms with Gasteiger partial charge in [-0.2, -0.15) is 0 Å². The van der Waals surface area contributed by atoms with E-state index in [1.807, 2.05) is 0 Å². The van der Waals surface area contributed by atoms with Crippen LogP contribution in [0.3, 0.4) is 0 Å². The third-order valence-electron chi connectivity index (χ3n) is 0.882. The second-order valence-electron chi connectivity index (χ2n) is 1.81. The lowest BCUT2D eigenvalue weighted by atomic mass is 10.2. The Morgan fingerprint density at radius 3 is 2.80 bits per heavy atom. The molecule has 0 aliphatic carbocycles. The summed E-state index contributed by atoms with van der Waals surface area (Å²) in [5.41, 5.74) is 5.14. The topological polar surface area (TPSA) is 69.4 Å². The van der Waals surface area contributed by atoms with Gasteiger partial charge in [0.15, 0.2) is 0 Å². The summed E-state index contributed by atoms with van der Waals surface area (Å²) < 4.78 is 4.54. The molecule has 1 atom stereocenters. The highest BCUT2D eigenvalue weighted by Gasteiger charge is 2.07. The van der Waals surface area contributed by atoms with Gasteiger partial charge in [-0.1, -0.05) is 0 Å². The van der Waals surface area contributed by atoms with Gasteiger partial charge in [-0.15, -0.1) is 0 Å². The van der Waals surface area contributed by atoms with Crippen molar-refractivity contribution in [1.82, 2.24) is 0 Å². The van der Waals surface area contributed by atoms with Gasteiger partial charge in [0, 0.05) is 0 Å². The van der Waals surface area contributed by atoms with Crippen molar-refractivity contribution in [3.05, 3.63) is 0 Å². The van der Waals surface area contributed by atoms with Gasteiger partial charge >= 0.3 is 5.97 Å². The van der Waals surface area contributed by atoms with Crippen LogP contribution in [-0.4, -0.2) is 24.9 Å². The van der Waals surface area contributed by atoms with E-state index in [4.69, 9.17) is 5.73 Å². The summed E-state index contributed by atoms with van der Waals surface area (Å²) in [6.45, 7) is 2.02. The van der Waals surface area contributed by atoms with Crippen molar-refractivity contribution in [3.63, 3.8) is 0 Å². The van der Waals surface area contributed by atoms with Crippen LogP contribution in [0.2, 0.25) is 0 Å². The van der Waals surface area contributed by atoms with Crippen molar-refractivity contribution in [3.8, 4) is 0 Å². The van der Waals surface area contributed by atoms with Crippen molar-refractivity contribution >= 4 is 12.3 Å². The molecule has 0 radical (unpaired) electrons. The zero-order valence-corrected chi connectivity index (χ0v) is 5.87. The Morgan fingerprint density at radius 1 is 1.80 bits per heavy atom. The van der Waals surface area contributed by atoms with E-state index >= 15 is 0 Å². The number of ether oxygens (including phenoxy) is 1. The largest absolute Gasteiger partial charge is 0.466 e. The molecule has 0 saturated carbocycles. The number of rotatable bonds is 4. The first-order valence-electron chi connectivity index (χ1n) is 3.07. The summed E-state index contributed by atoms with van der Waals surface area (Å²) in [6, 6.07) is -0.723. The first-order chi connectivity index (χ1) is 4.70. The number of nitrogens with two attached hydrogens (primary N) is 1. The molecule has 0 spiro atoms. The smallest absolute Gasteiger partial charge is 0.307 e. The minimum Gasteiger partial charge on any atom is -0.466 e. The summed E-state index contributed by atoms with van der Waals surface area (Å²) in [7, 11) is 0. The lowest BCUT2D eigenvalue weighted by Crippen LogP contribution is -2.26. The van der Waals surface area contributed by atoms with E-state index in [0.29, 0.717) is 12.9 Å². The molecule has 0 fully saturated rings. The summed E-state index contributed by atoms with van der Waals surface area (Å²) in [6.07, 6.45) is 0.494. The molecule has 0 aliphatic heterocycles. The molecule has 0 aromatic rings. The maximum Gasteiger partial charge on any atom is 0.307 e. The predicted octanol–water partition coefficient (Wildman–Crippen LogP) is -0.534. The van der Waals surface area contributed by atoms with Crippen LogP contribution in [0, 0.1) is 0 Å². The number of hydrogen-bond donors (Lipinski definition) is 1. The van der Waals surface area contributed by atoms with Crippen LogP contribution in [0.25, 0.3) is 0 Å². The van der Waals surface area contributed by atoms with Crippen LogP contribution in [-0.2, 0) is 14.3 Å². The lowest BCUT2D eigenvalue weighted by molar-refractivity contribution is -0.144. The molecule has 10 heavy (non-hydrogen) atoms. The zero-order chi connectivity index (χ0) is 7.98. The molecule has 4 heteroatoms. The average Bonchev–Trinajstić information content (AvgIpc) is 1.88. The van der Waals surface area contributed by atoms with Crippen molar-refractivity contribution in [2.45, 2.75) is 19.4 Å². The van der Waals surface area contributed by atoms with Crippen LogP contribution in [0.5, 0.6) is 0 Å². The Hall–Kier alpha value is -0.900. The fourth-order valence-electron chi connectivity index (χ4n) is 0.460. The van der Waals surface area contributed by atoms with Gasteiger partial charge in [-0.25, -0.2) is 0 Å². The van der Waals surface area contributed by atoms with Crippen molar-refractivity contribution in [2.24, 2.45) is 5.73 Å². The summed E-state index contributed by atoms with van der Waals surface area (Å²) in [5, 5.41) is 0. The van der Waals surface area contributed by atoms with Crippen molar-refractivity contribution in [2.75, 3.05) is 6.61 Å². The number of carbonyl (C=O) groups excluding carboxylic acids is 2. The van der Waals surface area contributed by atoms with E-state index in [1.54, 1.807) is 6.92 Å². The van der Waals surface area contributed by atoms with Gasteiger partial charge in [0.25, 0.3) is 0 Å². The number of hydrogen-bond acceptors (Lipinski definition) is 4. The van der Waals surface area contributed by atoms with Gasteiger partial charge in [0.05, 0.1) is 19.1 Å². The average molecular weight is 145 g/mol. The molecule has 0 rings (SSSR count). The zero-order valence-electron chi connectivity index (χ0n) is 5.87. The van der Waals surface area contributed by atoms with Crippen LogP contribution in [0.4, 0.5) is 0 Å². The minimum absolute atomic E-state index is 0.0304. The SMILES string of the molecule is CCOC(=O)C[C@H](N)C=O. The van der Waals surface area contributed by atoms with Gasteiger partial charge in [-0.3, -0.25) is 4.79 Å². The highest BCUT2D eigenvalue weighted by molar-refractivity contribution is 5.75. The van der Waals surface area contributed by atoms with Gasteiger partial charge in [0.2, 0.25) is 0 Å². The first-order valence-corrected chi connectivity index (χ1v) is 3.07. The van der Waals surface area contributed by atoms with Gasteiger partial charge in [0.1, 0.15) is 6.29 Å². The second-order valence-corrected chi connectivity index (χ2v) is 1.81. The molecule has 0 saturated heterocycles. The molecular formula is C6H11NO3. The van der Waals surface area contributed by atoms with Gasteiger partial charge < -0.3 is 15.3 Å². The molecule has 4 nitrogen and oxygen atoms in total. The Bertz CT molecular complexity index is 124. The van der Waals surface area contributed by atoms with E-state index in [-0.39, 0.29) is 6.42 Å². The molecule has 2 N–H and O–H groups in total. The predicted molar refractivity (Wildman–Crippen MR) is 35.3 cm³/mol. The number of carbonyl (C=O) groups is 2. The lowest BCUT2D eigenvalue weighted by Gasteiger charge is -2.01. The van der Waals surface area contributed by atoms with E-state index in [9.17, 15) is 9.59 Å². The summed E-state index contributed by atoms with van der Waals surface area (Å²) in [5.74, 6) is -0.429. The standard InChI is InChI=1S/C6H11NO3/c1-2-10-6(9)3-5(7)4-8/h4-5H,2-3,7H2,1H3/t5-/m0/s1. The molecular weight excluding hydrogens is 134 g/mol. The first kappa shape index (κ1) is 9.10. The fourth-order valence-corrected chi connectivity index (χ4v) is 0.460. The fraction of sp³-hybridized carbons (Fsp3) is 0.667. The molecule has 0 heterocycles. The van der Waals surface area contributed by atoms with Crippen molar-refractivity contribution in [1.29, 1.82) is 0 Å². The Morgan fingerprint density at radius 2 is 2.40 bits per heavy atom. The number of esters is 1. The molecule has 0 unspecified atom stereocenters. The van der Waals surface area contributed by atoms with Crippen LogP contribution >= 0.6 is 0 Å². The Labute approximate surface area is 59.3 Å². The molecule has 0 bridgehead atoms. The van der Waals surface area contributed by atoms with E-state index in [2.05, 4.69) is 4.74 Å². The highest BCUT2D eigenvalue weighted by atomic mass is 16.5. The quantitative estimate of drug-likeness (QED) is 0.426. The molecule has 0 aromatic carbocycles. The van der Waals surface area contributed by atoms with Crippen LogP contribution in [0.15, 0.2) is 0 Å². The minimum atomic E-state index is -0.723.